The first kappa shape index (κ1) is 13.6. The van der Waals surface area contributed by atoms with Gasteiger partial charge in [0.1, 0.15) is 24.3 Å². The molecular formula is C15H12FNO3S. The summed E-state index contributed by atoms with van der Waals surface area (Å²) < 4.78 is 29.3. The van der Waals surface area contributed by atoms with E-state index >= 15 is 0 Å². The lowest BCUT2D eigenvalue weighted by Crippen LogP contribution is -1.97. The Morgan fingerprint density at radius 2 is 2.24 bits per heavy atom. The Balaban J connectivity index is 1.66. The van der Waals surface area contributed by atoms with E-state index < -0.39 is 5.82 Å². The van der Waals surface area contributed by atoms with Crippen molar-refractivity contribution in [1.82, 2.24) is 4.98 Å². The number of aromatic nitrogens is 1. The number of benzene rings is 1. The minimum atomic E-state index is -0.463. The fourth-order valence-electron chi connectivity index (χ4n) is 1.78. The number of oxazole rings is 1. The van der Waals surface area contributed by atoms with E-state index in [0.717, 1.165) is 4.88 Å². The van der Waals surface area contributed by atoms with E-state index in [1.165, 1.54) is 25.5 Å². The normalized spacial score (nSPS) is 10.6. The molecule has 0 aliphatic carbocycles. The van der Waals surface area contributed by atoms with E-state index in [0.29, 0.717) is 17.3 Å². The molecule has 0 saturated carbocycles. The SMILES string of the molecule is COc1ccc(OCc2coc(-c3cccs3)n2)cc1F. The third-order valence-electron chi connectivity index (χ3n) is 2.79. The van der Waals surface area contributed by atoms with Crippen LogP contribution in [0.25, 0.3) is 10.8 Å². The summed E-state index contributed by atoms with van der Waals surface area (Å²) in [5, 5.41) is 1.95. The summed E-state index contributed by atoms with van der Waals surface area (Å²) >= 11 is 1.55. The van der Waals surface area contributed by atoms with E-state index in [4.69, 9.17) is 13.9 Å². The molecular weight excluding hydrogens is 293 g/mol. The van der Waals surface area contributed by atoms with Gasteiger partial charge < -0.3 is 13.9 Å². The second kappa shape index (κ2) is 5.97. The monoisotopic (exact) mass is 305 g/mol. The van der Waals surface area contributed by atoms with Crippen LogP contribution in [0.3, 0.4) is 0 Å². The Morgan fingerprint density at radius 1 is 1.33 bits per heavy atom. The molecule has 3 aromatic rings. The van der Waals surface area contributed by atoms with Gasteiger partial charge >= 0.3 is 0 Å². The van der Waals surface area contributed by atoms with Gasteiger partial charge in [0.25, 0.3) is 0 Å². The van der Waals surface area contributed by atoms with Gasteiger partial charge in [-0.2, -0.15) is 0 Å². The fourth-order valence-corrected chi connectivity index (χ4v) is 2.44. The van der Waals surface area contributed by atoms with Gasteiger partial charge in [-0.05, 0) is 23.6 Å². The molecule has 0 N–H and O–H groups in total. The average Bonchev–Trinajstić information content (AvgIpc) is 3.16. The van der Waals surface area contributed by atoms with Crippen molar-refractivity contribution in [1.29, 1.82) is 0 Å². The van der Waals surface area contributed by atoms with Crippen molar-refractivity contribution in [2.45, 2.75) is 6.61 Å². The van der Waals surface area contributed by atoms with Gasteiger partial charge in [-0.15, -0.1) is 11.3 Å². The summed E-state index contributed by atoms with van der Waals surface area (Å²) in [5.74, 6) is 0.691. The van der Waals surface area contributed by atoms with E-state index in [-0.39, 0.29) is 12.4 Å². The third kappa shape index (κ3) is 3.05. The third-order valence-corrected chi connectivity index (χ3v) is 3.65. The topological polar surface area (TPSA) is 44.5 Å². The van der Waals surface area contributed by atoms with Crippen LogP contribution in [-0.2, 0) is 6.61 Å². The Kier molecular flexibility index (Phi) is 3.87. The zero-order valence-electron chi connectivity index (χ0n) is 11.2. The number of rotatable bonds is 5. The van der Waals surface area contributed by atoms with Gasteiger partial charge in [0.15, 0.2) is 11.6 Å². The highest BCUT2D eigenvalue weighted by atomic mass is 32.1. The molecule has 108 valence electrons. The van der Waals surface area contributed by atoms with Crippen molar-refractivity contribution in [3.8, 4) is 22.3 Å². The zero-order chi connectivity index (χ0) is 14.7. The second-order valence-corrected chi connectivity index (χ2v) is 5.15. The van der Waals surface area contributed by atoms with E-state index in [2.05, 4.69) is 4.98 Å². The van der Waals surface area contributed by atoms with Crippen molar-refractivity contribution in [3.63, 3.8) is 0 Å². The number of hydrogen-bond donors (Lipinski definition) is 0. The van der Waals surface area contributed by atoms with Gasteiger partial charge in [0.05, 0.1) is 12.0 Å². The maximum absolute atomic E-state index is 13.5. The summed E-state index contributed by atoms with van der Waals surface area (Å²) in [4.78, 5) is 5.28. The number of nitrogens with zero attached hydrogens (tertiary/aromatic N) is 1. The Hall–Kier alpha value is -2.34. The lowest BCUT2D eigenvalue weighted by Gasteiger charge is -2.06. The molecule has 0 bridgehead atoms. The van der Waals surface area contributed by atoms with Crippen molar-refractivity contribution in [2.24, 2.45) is 0 Å². The molecule has 0 atom stereocenters. The van der Waals surface area contributed by atoms with Gasteiger partial charge in [0, 0.05) is 6.07 Å². The Bertz CT molecular complexity index is 724. The molecule has 21 heavy (non-hydrogen) atoms. The van der Waals surface area contributed by atoms with Crippen LogP contribution in [0.2, 0.25) is 0 Å². The van der Waals surface area contributed by atoms with Crippen LogP contribution >= 0.6 is 11.3 Å². The molecule has 3 rings (SSSR count). The van der Waals surface area contributed by atoms with Crippen LogP contribution in [0.15, 0.2) is 46.4 Å². The van der Waals surface area contributed by atoms with E-state index in [9.17, 15) is 4.39 Å². The first-order valence-corrected chi connectivity index (χ1v) is 7.09. The van der Waals surface area contributed by atoms with Crippen LogP contribution in [0, 0.1) is 5.82 Å². The van der Waals surface area contributed by atoms with Crippen molar-refractivity contribution in [3.05, 3.63) is 53.5 Å². The summed E-state index contributed by atoms with van der Waals surface area (Å²) in [6.07, 6.45) is 1.54. The van der Waals surface area contributed by atoms with Gasteiger partial charge in [-0.1, -0.05) is 6.07 Å². The molecule has 4 nitrogen and oxygen atoms in total. The summed E-state index contributed by atoms with van der Waals surface area (Å²) in [7, 11) is 1.42. The molecule has 0 radical (unpaired) electrons. The number of ether oxygens (including phenoxy) is 2. The summed E-state index contributed by atoms with van der Waals surface area (Å²) in [6.45, 7) is 0.209. The Morgan fingerprint density at radius 3 is 2.95 bits per heavy atom. The quantitative estimate of drug-likeness (QED) is 0.711. The molecule has 0 unspecified atom stereocenters. The van der Waals surface area contributed by atoms with Crippen LogP contribution in [0.4, 0.5) is 4.39 Å². The number of halogens is 1. The molecule has 6 heteroatoms. The highest BCUT2D eigenvalue weighted by molar-refractivity contribution is 7.13. The summed E-state index contributed by atoms with van der Waals surface area (Å²) in [5.41, 5.74) is 0.648. The maximum Gasteiger partial charge on any atom is 0.236 e. The minimum Gasteiger partial charge on any atom is -0.494 e. The van der Waals surface area contributed by atoms with Crippen LogP contribution in [0.5, 0.6) is 11.5 Å². The van der Waals surface area contributed by atoms with Crippen LogP contribution in [0.1, 0.15) is 5.69 Å². The molecule has 1 aromatic carbocycles. The molecule has 2 heterocycles. The van der Waals surface area contributed by atoms with Gasteiger partial charge in [-0.25, -0.2) is 9.37 Å². The average molecular weight is 305 g/mol. The van der Waals surface area contributed by atoms with Crippen LogP contribution in [-0.4, -0.2) is 12.1 Å². The first-order chi connectivity index (χ1) is 10.3. The standard InChI is InChI=1S/C15H12FNO3S/c1-18-13-5-4-11(7-12(13)16)19-8-10-9-20-15(17-10)14-3-2-6-21-14/h2-7,9H,8H2,1H3. The number of hydrogen-bond acceptors (Lipinski definition) is 5. The minimum absolute atomic E-state index is 0.184. The lowest BCUT2D eigenvalue weighted by atomic mass is 10.3. The fraction of sp³-hybridized carbons (Fsp3) is 0.133. The highest BCUT2D eigenvalue weighted by Gasteiger charge is 2.09. The van der Waals surface area contributed by atoms with Crippen molar-refractivity contribution in [2.75, 3.05) is 7.11 Å². The number of methoxy groups -OCH3 is 1. The van der Waals surface area contributed by atoms with Crippen molar-refractivity contribution >= 4 is 11.3 Å². The van der Waals surface area contributed by atoms with Gasteiger partial charge in [0.2, 0.25) is 5.89 Å². The Labute approximate surface area is 124 Å². The molecule has 0 fully saturated rings. The van der Waals surface area contributed by atoms with Gasteiger partial charge in [-0.3, -0.25) is 0 Å². The smallest absolute Gasteiger partial charge is 0.236 e. The molecule has 2 aromatic heterocycles. The lowest BCUT2D eigenvalue weighted by molar-refractivity contribution is 0.297. The predicted octanol–water partition coefficient (Wildman–Crippen LogP) is 4.13. The van der Waals surface area contributed by atoms with Crippen molar-refractivity contribution < 1.29 is 18.3 Å². The van der Waals surface area contributed by atoms with Crippen LogP contribution < -0.4 is 9.47 Å². The highest BCUT2D eigenvalue weighted by Crippen LogP contribution is 2.25. The van der Waals surface area contributed by atoms with E-state index in [1.807, 2.05) is 17.5 Å². The van der Waals surface area contributed by atoms with E-state index in [1.54, 1.807) is 17.4 Å². The predicted molar refractivity (Wildman–Crippen MR) is 77.1 cm³/mol. The molecule has 0 aliphatic heterocycles. The molecule has 0 amide bonds. The zero-order valence-corrected chi connectivity index (χ0v) is 12.0. The number of thiophene rings is 1. The molecule has 0 saturated heterocycles. The summed E-state index contributed by atoms with van der Waals surface area (Å²) in [6, 6.07) is 8.30. The molecule has 0 aliphatic rings. The maximum atomic E-state index is 13.5. The largest absolute Gasteiger partial charge is 0.494 e. The molecule has 0 spiro atoms. The second-order valence-electron chi connectivity index (χ2n) is 4.21. The first-order valence-electron chi connectivity index (χ1n) is 6.21.